The summed E-state index contributed by atoms with van der Waals surface area (Å²) in [5.74, 6) is -1.58. The number of hydrogen-bond donors (Lipinski definition) is 4. The van der Waals surface area contributed by atoms with Gasteiger partial charge in [0.1, 0.15) is 25.4 Å². The highest BCUT2D eigenvalue weighted by molar-refractivity contribution is 7.47. The Bertz CT molecular complexity index is 2560. The van der Waals surface area contributed by atoms with E-state index in [0.29, 0.717) is 19.3 Å². The number of esters is 3. The van der Waals surface area contributed by atoms with Crippen LogP contribution < -0.4 is 0 Å². The molecule has 0 aromatic carbocycles. The molecule has 0 heterocycles. The molecule has 0 saturated carbocycles. The van der Waals surface area contributed by atoms with Gasteiger partial charge in [0, 0.05) is 19.3 Å². The molecular formula is C91H156O16P2. The van der Waals surface area contributed by atoms with E-state index < -0.39 is 91.5 Å². The van der Waals surface area contributed by atoms with Crippen LogP contribution in [0.15, 0.2) is 146 Å². The molecule has 16 nitrogen and oxygen atoms in total. The van der Waals surface area contributed by atoms with Gasteiger partial charge in [0.15, 0.2) is 6.10 Å². The predicted octanol–water partition coefficient (Wildman–Crippen LogP) is 26.0. The molecule has 0 saturated heterocycles. The lowest BCUT2D eigenvalue weighted by Crippen LogP contribution is -2.30. The van der Waals surface area contributed by atoms with Crippen LogP contribution in [0.4, 0.5) is 0 Å². The van der Waals surface area contributed by atoms with Crippen LogP contribution in [-0.4, -0.2) is 95.9 Å². The lowest BCUT2D eigenvalue weighted by Gasteiger charge is -2.21. The minimum Gasteiger partial charge on any atom is -0.463 e. The van der Waals surface area contributed by atoms with E-state index in [1.54, 1.807) is 0 Å². The Morgan fingerprint density at radius 1 is 0.266 bits per heavy atom. The van der Waals surface area contributed by atoms with E-state index in [4.69, 9.17) is 32.3 Å². The number of phosphoric ester groups is 2. The smallest absolute Gasteiger partial charge is 0.463 e. The zero-order chi connectivity index (χ0) is 79.4. The monoisotopic (exact) mass is 1570 g/mol. The van der Waals surface area contributed by atoms with E-state index in [-0.39, 0.29) is 19.3 Å². The van der Waals surface area contributed by atoms with E-state index in [2.05, 4.69) is 167 Å². The number of unbranched alkanes of at least 4 members (excludes halogenated alkanes) is 34. The second-order valence-corrected chi connectivity index (χ2v) is 31.5. The van der Waals surface area contributed by atoms with Gasteiger partial charge in [-0.25, -0.2) is 9.13 Å². The summed E-state index contributed by atoms with van der Waals surface area (Å²) in [6.45, 7) is 2.42. The van der Waals surface area contributed by atoms with E-state index in [9.17, 15) is 43.5 Å². The number of rotatable bonds is 81. The largest absolute Gasteiger partial charge is 0.472 e. The maximum Gasteiger partial charge on any atom is 0.472 e. The fourth-order valence-corrected chi connectivity index (χ4v) is 13.1. The molecule has 109 heavy (non-hydrogen) atoms. The normalized spacial score (nSPS) is 14.6. The Kier molecular flexibility index (Phi) is 79.4. The summed E-state index contributed by atoms with van der Waals surface area (Å²) in [5.41, 5.74) is 0. The van der Waals surface area contributed by atoms with Gasteiger partial charge in [-0.15, -0.1) is 0 Å². The maximum absolute atomic E-state index is 12.9. The summed E-state index contributed by atoms with van der Waals surface area (Å²) in [6, 6.07) is 0. The molecule has 18 heteroatoms. The van der Waals surface area contributed by atoms with Crippen LogP contribution in [0.25, 0.3) is 0 Å². The van der Waals surface area contributed by atoms with Gasteiger partial charge in [-0.1, -0.05) is 346 Å². The number of aliphatic hydroxyl groups excluding tert-OH is 2. The molecule has 4 N–H and O–H groups in total. The summed E-state index contributed by atoms with van der Waals surface area (Å²) in [7, 11) is -9.79. The average molecular weight is 1570 g/mol. The van der Waals surface area contributed by atoms with Gasteiger partial charge < -0.3 is 34.2 Å². The van der Waals surface area contributed by atoms with Crippen LogP contribution >= 0.6 is 15.6 Å². The van der Waals surface area contributed by atoms with Crippen molar-refractivity contribution in [3.8, 4) is 0 Å². The van der Waals surface area contributed by atoms with Gasteiger partial charge in [0.25, 0.3) is 0 Å². The van der Waals surface area contributed by atoms with Crippen molar-refractivity contribution in [1.82, 2.24) is 0 Å². The summed E-state index contributed by atoms with van der Waals surface area (Å²) < 4.78 is 61.2. The van der Waals surface area contributed by atoms with Crippen molar-refractivity contribution in [1.29, 1.82) is 0 Å². The van der Waals surface area contributed by atoms with Gasteiger partial charge >= 0.3 is 33.6 Å². The first kappa shape index (κ1) is 104. The highest BCUT2D eigenvalue weighted by atomic mass is 31.2. The molecule has 5 unspecified atom stereocenters. The number of hydrogen-bond acceptors (Lipinski definition) is 14. The van der Waals surface area contributed by atoms with Crippen LogP contribution in [0.1, 0.15) is 355 Å². The molecule has 0 bridgehead atoms. The summed E-state index contributed by atoms with van der Waals surface area (Å²) in [5, 5.41) is 20.7. The number of aliphatic hydroxyl groups is 2. The fraction of sp³-hybridized carbons (Fsp3) is 0.703. The Morgan fingerprint density at radius 2 is 0.486 bits per heavy atom. The number of carbonyl (C=O) groups excluding carboxylic acids is 3. The molecule has 5 atom stereocenters. The van der Waals surface area contributed by atoms with Gasteiger partial charge in [-0.3, -0.25) is 32.5 Å². The molecule has 0 aliphatic rings. The zero-order valence-corrected chi connectivity index (χ0v) is 70.5. The number of ether oxygens (including phenoxy) is 3. The van der Waals surface area contributed by atoms with Gasteiger partial charge in [0.2, 0.25) is 0 Å². The first-order valence-electron chi connectivity index (χ1n) is 43.1. The Labute approximate surface area is 664 Å². The van der Waals surface area contributed by atoms with Crippen LogP contribution in [0, 0.1) is 0 Å². The lowest BCUT2D eigenvalue weighted by molar-refractivity contribution is -0.161. The van der Waals surface area contributed by atoms with Crippen LogP contribution in [0.3, 0.4) is 0 Å². The van der Waals surface area contributed by atoms with Crippen molar-refractivity contribution in [2.24, 2.45) is 0 Å². The van der Waals surface area contributed by atoms with Gasteiger partial charge in [-0.2, -0.15) is 0 Å². The van der Waals surface area contributed by atoms with Gasteiger partial charge in [-0.05, 0) is 135 Å². The van der Waals surface area contributed by atoms with E-state index in [0.717, 1.165) is 161 Å². The Balaban J connectivity index is 4.37. The summed E-state index contributed by atoms with van der Waals surface area (Å²) in [4.78, 5) is 58.7. The quantitative estimate of drug-likeness (QED) is 0.0146. The molecule has 0 fully saturated rings. The summed E-state index contributed by atoms with van der Waals surface area (Å²) in [6.07, 6.45) is 104. The van der Waals surface area contributed by atoms with Crippen molar-refractivity contribution in [2.75, 3.05) is 39.6 Å². The molecule has 626 valence electrons. The molecule has 0 amide bonds. The lowest BCUT2D eigenvalue weighted by atomic mass is 10.0. The molecule has 0 spiro atoms. The van der Waals surface area contributed by atoms with E-state index in [1.807, 2.05) is 0 Å². The van der Waals surface area contributed by atoms with Crippen LogP contribution in [0.2, 0.25) is 0 Å². The third-order valence-electron chi connectivity index (χ3n) is 18.0. The van der Waals surface area contributed by atoms with E-state index >= 15 is 0 Å². The second kappa shape index (κ2) is 82.9. The third kappa shape index (κ3) is 84.2. The maximum atomic E-state index is 12.9. The molecular weight excluding hydrogens is 1410 g/mol. The molecule has 0 rings (SSSR count). The topological polar surface area (TPSA) is 231 Å². The molecule has 0 aliphatic carbocycles. The first-order valence-corrected chi connectivity index (χ1v) is 46.1. The molecule has 0 aromatic heterocycles. The third-order valence-corrected chi connectivity index (χ3v) is 19.9. The van der Waals surface area contributed by atoms with E-state index in [1.165, 1.54) is 135 Å². The van der Waals surface area contributed by atoms with Crippen molar-refractivity contribution < 1.29 is 75.8 Å². The van der Waals surface area contributed by atoms with Crippen molar-refractivity contribution in [3.05, 3.63) is 146 Å². The molecule has 0 radical (unpaired) electrons. The Hall–Kier alpha value is -4.57. The Morgan fingerprint density at radius 3 is 0.780 bits per heavy atom. The fourth-order valence-electron chi connectivity index (χ4n) is 11.5. The highest BCUT2D eigenvalue weighted by Crippen LogP contribution is 2.45. The minimum absolute atomic E-state index is 0.0914. The SMILES string of the molecule is CC/C=C\C/C=C\C/C=C\C/C=C\C/C=C\C/C=C\CCCCCCCCCCCCC(=O)OCC(COP(=O)(O)OCC(O)COP(=O)(O)OCC(O)COC(=O)CCCCCCCCCCCCCCCCCCC/C=C\C/C=C\C/C=C\C/C=C\C/C=C\CC)OC(=O)CCCCCCC/C=C\CCCC. The van der Waals surface area contributed by atoms with Crippen molar-refractivity contribution >= 4 is 33.6 Å². The highest BCUT2D eigenvalue weighted by Gasteiger charge is 2.29. The number of phosphoric acid groups is 2. The number of allylic oxidation sites excluding steroid dienone is 24. The second-order valence-electron chi connectivity index (χ2n) is 28.6. The predicted molar refractivity (Wildman–Crippen MR) is 454 cm³/mol. The van der Waals surface area contributed by atoms with Crippen molar-refractivity contribution in [2.45, 2.75) is 373 Å². The van der Waals surface area contributed by atoms with Crippen LogP contribution in [0.5, 0.6) is 0 Å². The van der Waals surface area contributed by atoms with Crippen LogP contribution in [-0.2, 0) is 55.8 Å². The van der Waals surface area contributed by atoms with Crippen molar-refractivity contribution in [3.63, 3.8) is 0 Å². The first-order chi connectivity index (χ1) is 53.2. The molecule has 0 aromatic rings. The minimum atomic E-state index is -4.93. The molecule has 0 aliphatic heterocycles. The zero-order valence-electron chi connectivity index (χ0n) is 68.7. The summed E-state index contributed by atoms with van der Waals surface area (Å²) >= 11 is 0. The standard InChI is InChI=1S/C91H156O16P2/c1-4-7-10-13-16-19-22-24-26-28-30-32-34-36-38-40-41-42-43-45-47-48-50-52-54-56-58-60-63-65-68-71-74-77-89(94)101-80-86(92)81-103-108(97,98)104-82-87(93)83-105-109(99,100)106-85-88(107-91(96)79-76-73-70-67-62-21-18-15-12-9-6-3)84-102-90(95)78-75-72-69-66-64-61-59-57-55-53-51-49-46-44-39-37-35-33-31-29-27-25-23-20-17-14-11-8-5-2/h7-8,10-11,15-20,24-27,30-33,36-39,46,49,86-88,92-93H,4-6,9,12-14,21-23,28-29,34-35,40-45,47-48,50-85H2,1-3H3,(H,97,98)(H,99,100)/b10-7-,11-8-,18-15-,19-16-,20-17-,26-24-,27-25-,32-30-,33-31-,38-36-,39-37-,49-46-. The number of carbonyl (C=O) groups is 3. The average Bonchev–Trinajstić information content (AvgIpc) is 0.900. The van der Waals surface area contributed by atoms with Gasteiger partial charge in [0.05, 0.1) is 26.4 Å².